The summed E-state index contributed by atoms with van der Waals surface area (Å²) in [6.45, 7) is 0.681. The van der Waals surface area contributed by atoms with Crippen molar-refractivity contribution < 1.29 is 18.1 Å². The highest BCUT2D eigenvalue weighted by Gasteiger charge is 2.31. The van der Waals surface area contributed by atoms with E-state index >= 15 is 0 Å². The maximum Gasteiger partial charge on any atom is 0.416 e. The van der Waals surface area contributed by atoms with Crippen LogP contribution in [0.15, 0.2) is 91.3 Å². The van der Waals surface area contributed by atoms with Crippen molar-refractivity contribution >= 4 is 23.0 Å². The number of alkyl halides is 3. The van der Waals surface area contributed by atoms with E-state index in [0.717, 1.165) is 23.3 Å². The van der Waals surface area contributed by atoms with Crippen LogP contribution in [0.3, 0.4) is 0 Å². The summed E-state index contributed by atoms with van der Waals surface area (Å²) < 4.78 is 38.6. The average Bonchev–Trinajstić information content (AvgIpc) is 2.84. The van der Waals surface area contributed by atoms with E-state index in [2.05, 4.69) is 15.3 Å². The molecule has 4 aromatic rings. The number of nitro groups is 1. The van der Waals surface area contributed by atoms with E-state index in [1.807, 2.05) is 60.7 Å². The fourth-order valence-electron chi connectivity index (χ4n) is 3.55. The van der Waals surface area contributed by atoms with Crippen molar-refractivity contribution in [1.82, 2.24) is 9.97 Å². The number of aromatic nitrogens is 2. The minimum Gasteiger partial charge on any atom is -0.342 e. The van der Waals surface area contributed by atoms with Crippen LogP contribution in [0.25, 0.3) is 0 Å². The molecule has 0 atom stereocenters. The second kappa shape index (κ2) is 10.2. The minimum absolute atomic E-state index is 0.0899. The van der Waals surface area contributed by atoms with Crippen LogP contribution in [-0.4, -0.2) is 14.9 Å². The molecule has 0 aliphatic heterocycles. The first-order valence-corrected chi connectivity index (χ1v) is 10.6. The van der Waals surface area contributed by atoms with E-state index in [1.54, 1.807) is 4.90 Å². The molecular formula is C25H20F3N5O2. The second-order valence-electron chi connectivity index (χ2n) is 7.68. The number of nitrogens with zero attached hydrogens (tertiary/aromatic N) is 4. The number of halogens is 3. The number of rotatable bonds is 8. The first kappa shape index (κ1) is 23.7. The standard InChI is InChI=1S/C25H20F3N5O2/c26-25(27,28)20-11-13-21(14-12-20)31-23-22(33(34)35)24(30-17-29-23)32(15-18-7-3-1-4-8-18)16-19-9-5-2-6-10-19/h1-14,17H,15-16H2,(H,29,30,31). The SMILES string of the molecule is O=[N+]([O-])c1c(Nc2ccc(C(F)(F)F)cc2)ncnc1N(Cc1ccccc1)Cc1ccccc1. The van der Waals surface area contributed by atoms with Gasteiger partial charge in [-0.05, 0) is 35.4 Å². The third-order valence-electron chi connectivity index (χ3n) is 5.19. The van der Waals surface area contributed by atoms with Crippen LogP contribution in [0, 0.1) is 10.1 Å². The molecule has 1 N–H and O–H groups in total. The van der Waals surface area contributed by atoms with E-state index in [9.17, 15) is 23.3 Å². The van der Waals surface area contributed by atoms with Crippen molar-refractivity contribution in [3.8, 4) is 0 Å². The summed E-state index contributed by atoms with van der Waals surface area (Å²) in [5, 5.41) is 14.9. The molecule has 0 aliphatic rings. The van der Waals surface area contributed by atoms with Gasteiger partial charge < -0.3 is 10.2 Å². The van der Waals surface area contributed by atoms with Gasteiger partial charge in [0.25, 0.3) is 0 Å². The summed E-state index contributed by atoms with van der Waals surface area (Å²) in [6.07, 6.45) is -3.29. The largest absolute Gasteiger partial charge is 0.416 e. The molecule has 0 aliphatic carbocycles. The Morgan fingerprint density at radius 3 is 1.86 bits per heavy atom. The van der Waals surface area contributed by atoms with E-state index in [4.69, 9.17) is 0 Å². The van der Waals surface area contributed by atoms with Gasteiger partial charge in [0.1, 0.15) is 6.33 Å². The van der Waals surface area contributed by atoms with Gasteiger partial charge in [0.05, 0.1) is 10.5 Å². The zero-order valence-corrected chi connectivity index (χ0v) is 18.3. The molecule has 4 rings (SSSR count). The molecule has 35 heavy (non-hydrogen) atoms. The number of nitrogens with one attached hydrogen (secondary N) is 1. The number of hydrogen-bond donors (Lipinski definition) is 1. The summed E-state index contributed by atoms with van der Waals surface area (Å²) in [6, 6.07) is 23.1. The third-order valence-corrected chi connectivity index (χ3v) is 5.19. The molecule has 0 spiro atoms. The molecule has 0 bridgehead atoms. The summed E-state index contributed by atoms with van der Waals surface area (Å²) in [4.78, 5) is 21.5. The van der Waals surface area contributed by atoms with Crippen LogP contribution in [0.2, 0.25) is 0 Å². The normalized spacial score (nSPS) is 11.2. The third kappa shape index (κ3) is 5.91. The van der Waals surface area contributed by atoms with E-state index in [-0.39, 0.29) is 23.0 Å². The molecule has 0 unspecified atom stereocenters. The molecule has 178 valence electrons. The van der Waals surface area contributed by atoms with Gasteiger partial charge in [0.15, 0.2) is 0 Å². The Labute approximate surface area is 199 Å². The van der Waals surface area contributed by atoms with Crippen molar-refractivity contribution in [2.45, 2.75) is 19.3 Å². The van der Waals surface area contributed by atoms with Gasteiger partial charge >= 0.3 is 11.9 Å². The second-order valence-corrected chi connectivity index (χ2v) is 7.68. The lowest BCUT2D eigenvalue weighted by atomic mass is 10.1. The van der Waals surface area contributed by atoms with Crippen molar-refractivity contribution in [1.29, 1.82) is 0 Å². The molecule has 10 heteroatoms. The molecule has 3 aromatic carbocycles. The molecule has 0 fully saturated rings. The summed E-state index contributed by atoms with van der Waals surface area (Å²) >= 11 is 0. The van der Waals surface area contributed by atoms with Crippen molar-refractivity contribution in [2.24, 2.45) is 0 Å². The molecule has 0 saturated heterocycles. The predicted octanol–water partition coefficient (Wildman–Crippen LogP) is 6.35. The Bertz CT molecular complexity index is 1240. The van der Waals surface area contributed by atoms with Gasteiger partial charge in [0, 0.05) is 18.8 Å². The molecule has 0 saturated carbocycles. The smallest absolute Gasteiger partial charge is 0.342 e. The lowest BCUT2D eigenvalue weighted by Gasteiger charge is -2.24. The number of benzene rings is 3. The maximum absolute atomic E-state index is 12.9. The Kier molecular flexibility index (Phi) is 6.91. The monoisotopic (exact) mass is 479 g/mol. The number of hydrogen-bond acceptors (Lipinski definition) is 6. The highest BCUT2D eigenvalue weighted by Crippen LogP contribution is 2.36. The average molecular weight is 479 g/mol. The van der Waals surface area contributed by atoms with E-state index < -0.39 is 16.7 Å². The molecule has 0 amide bonds. The van der Waals surface area contributed by atoms with E-state index in [1.165, 1.54) is 18.5 Å². The van der Waals surface area contributed by atoms with Crippen LogP contribution in [-0.2, 0) is 19.3 Å². The Morgan fingerprint density at radius 1 is 0.829 bits per heavy atom. The van der Waals surface area contributed by atoms with Gasteiger partial charge in [-0.2, -0.15) is 13.2 Å². The zero-order valence-electron chi connectivity index (χ0n) is 18.3. The fraction of sp³-hybridized carbons (Fsp3) is 0.120. The zero-order chi connectivity index (χ0) is 24.8. The van der Waals surface area contributed by atoms with Crippen LogP contribution < -0.4 is 10.2 Å². The van der Waals surface area contributed by atoms with Gasteiger partial charge in [-0.1, -0.05) is 60.7 Å². The van der Waals surface area contributed by atoms with Gasteiger partial charge in [-0.15, -0.1) is 0 Å². The topological polar surface area (TPSA) is 84.2 Å². The van der Waals surface area contributed by atoms with Crippen molar-refractivity contribution in [3.63, 3.8) is 0 Å². The van der Waals surface area contributed by atoms with Gasteiger partial charge in [-0.25, -0.2) is 9.97 Å². The Hall–Kier alpha value is -4.47. The predicted molar refractivity (Wildman–Crippen MR) is 126 cm³/mol. The maximum atomic E-state index is 12.9. The fourth-order valence-corrected chi connectivity index (χ4v) is 3.55. The summed E-state index contributed by atoms with van der Waals surface area (Å²) in [5.41, 5.74) is 0.877. The van der Waals surface area contributed by atoms with Gasteiger partial charge in [0.2, 0.25) is 11.6 Å². The van der Waals surface area contributed by atoms with Crippen LogP contribution in [0.1, 0.15) is 16.7 Å². The lowest BCUT2D eigenvalue weighted by molar-refractivity contribution is -0.383. The van der Waals surface area contributed by atoms with Crippen LogP contribution >= 0.6 is 0 Å². The first-order chi connectivity index (χ1) is 16.8. The number of anilines is 3. The first-order valence-electron chi connectivity index (χ1n) is 10.6. The molecular weight excluding hydrogens is 459 g/mol. The summed E-state index contributed by atoms with van der Waals surface area (Å²) in [5.74, 6) is -0.0296. The highest BCUT2D eigenvalue weighted by molar-refractivity contribution is 5.74. The van der Waals surface area contributed by atoms with Gasteiger partial charge in [-0.3, -0.25) is 10.1 Å². The quantitative estimate of drug-likeness (QED) is 0.234. The van der Waals surface area contributed by atoms with Crippen molar-refractivity contribution in [3.05, 3.63) is 118 Å². The molecule has 1 heterocycles. The molecule has 7 nitrogen and oxygen atoms in total. The Morgan fingerprint density at radius 2 is 1.37 bits per heavy atom. The van der Waals surface area contributed by atoms with Crippen molar-refractivity contribution in [2.75, 3.05) is 10.2 Å². The highest BCUT2D eigenvalue weighted by atomic mass is 19.4. The molecule has 1 aromatic heterocycles. The lowest BCUT2D eigenvalue weighted by Crippen LogP contribution is -2.24. The Balaban J connectivity index is 1.71. The van der Waals surface area contributed by atoms with Crippen LogP contribution in [0.4, 0.5) is 36.2 Å². The van der Waals surface area contributed by atoms with Crippen LogP contribution in [0.5, 0.6) is 0 Å². The minimum atomic E-state index is -4.48. The summed E-state index contributed by atoms with van der Waals surface area (Å²) in [7, 11) is 0. The van der Waals surface area contributed by atoms with E-state index in [0.29, 0.717) is 13.1 Å². The molecule has 0 radical (unpaired) electrons.